The fourth-order valence-electron chi connectivity index (χ4n) is 1.38. The van der Waals surface area contributed by atoms with Crippen LogP contribution in [0.15, 0.2) is 28.3 Å². The highest BCUT2D eigenvalue weighted by Gasteiger charge is 2.09. The molecule has 16 heavy (non-hydrogen) atoms. The van der Waals surface area contributed by atoms with Gasteiger partial charge in [-0.1, -0.05) is 13.8 Å². The van der Waals surface area contributed by atoms with Gasteiger partial charge in [0.25, 0.3) is 0 Å². The Morgan fingerprint density at radius 3 is 2.94 bits per heavy atom. The van der Waals surface area contributed by atoms with E-state index in [1.807, 2.05) is 12.3 Å². The Balaban J connectivity index is 2.31. The van der Waals surface area contributed by atoms with E-state index in [-0.39, 0.29) is 0 Å². The van der Waals surface area contributed by atoms with Gasteiger partial charge in [0.15, 0.2) is 0 Å². The quantitative estimate of drug-likeness (QED) is 0.834. The lowest BCUT2D eigenvalue weighted by atomic mass is 10.1. The molecule has 2 aromatic heterocycles. The second kappa shape index (κ2) is 5.06. The molecule has 2 rings (SSSR count). The van der Waals surface area contributed by atoms with Crippen molar-refractivity contribution in [2.45, 2.75) is 26.2 Å². The number of halogens is 1. The summed E-state index contributed by atoms with van der Waals surface area (Å²) in [6.45, 7) is 4.39. The standard InChI is InChI=1S/C12H13BrN2S/c1-3-8(2)11-7-16-12(15-11)9-4-10(13)6-14-5-9/h4-8H,3H2,1-2H3. The van der Waals surface area contributed by atoms with Crippen molar-refractivity contribution in [3.05, 3.63) is 34.0 Å². The van der Waals surface area contributed by atoms with Crippen molar-refractivity contribution in [2.24, 2.45) is 0 Å². The van der Waals surface area contributed by atoms with Crippen molar-refractivity contribution in [1.29, 1.82) is 0 Å². The molecule has 0 fully saturated rings. The van der Waals surface area contributed by atoms with E-state index in [0.29, 0.717) is 5.92 Å². The van der Waals surface area contributed by atoms with E-state index in [1.54, 1.807) is 17.5 Å². The van der Waals surface area contributed by atoms with E-state index < -0.39 is 0 Å². The first-order valence-electron chi connectivity index (χ1n) is 5.27. The van der Waals surface area contributed by atoms with Crippen molar-refractivity contribution < 1.29 is 0 Å². The van der Waals surface area contributed by atoms with E-state index in [4.69, 9.17) is 0 Å². The predicted molar refractivity (Wildman–Crippen MR) is 71.8 cm³/mol. The van der Waals surface area contributed by atoms with Crippen LogP contribution in [-0.4, -0.2) is 9.97 Å². The van der Waals surface area contributed by atoms with Gasteiger partial charge in [-0.05, 0) is 34.3 Å². The predicted octanol–water partition coefficient (Wildman–Crippen LogP) is 4.48. The van der Waals surface area contributed by atoms with Crippen LogP contribution in [0, 0.1) is 0 Å². The first kappa shape index (κ1) is 11.7. The molecular weight excluding hydrogens is 284 g/mol. The average Bonchev–Trinajstić information content (AvgIpc) is 2.77. The summed E-state index contributed by atoms with van der Waals surface area (Å²) in [5.41, 5.74) is 2.26. The molecule has 0 spiro atoms. The van der Waals surface area contributed by atoms with Crippen molar-refractivity contribution in [1.82, 2.24) is 9.97 Å². The SMILES string of the molecule is CCC(C)c1csc(-c2cncc(Br)c2)n1. The van der Waals surface area contributed by atoms with Gasteiger partial charge in [0.1, 0.15) is 5.01 Å². The number of thiazole rings is 1. The molecule has 2 aromatic rings. The Morgan fingerprint density at radius 1 is 1.44 bits per heavy atom. The van der Waals surface area contributed by atoms with Gasteiger partial charge in [-0.2, -0.15) is 0 Å². The summed E-state index contributed by atoms with van der Waals surface area (Å²) >= 11 is 5.11. The van der Waals surface area contributed by atoms with E-state index in [0.717, 1.165) is 21.5 Å². The normalized spacial score (nSPS) is 12.7. The molecule has 0 aliphatic carbocycles. The minimum absolute atomic E-state index is 0.533. The van der Waals surface area contributed by atoms with Gasteiger partial charge in [-0.3, -0.25) is 4.98 Å². The van der Waals surface area contributed by atoms with Crippen molar-refractivity contribution in [3.63, 3.8) is 0 Å². The van der Waals surface area contributed by atoms with Gasteiger partial charge in [0.2, 0.25) is 0 Å². The maximum atomic E-state index is 4.65. The zero-order valence-electron chi connectivity index (χ0n) is 9.27. The maximum Gasteiger partial charge on any atom is 0.125 e. The summed E-state index contributed by atoms with van der Waals surface area (Å²) in [6, 6.07) is 2.05. The Bertz CT molecular complexity index is 481. The van der Waals surface area contributed by atoms with Crippen LogP contribution >= 0.6 is 27.3 Å². The molecule has 0 amide bonds. The average molecular weight is 297 g/mol. The lowest BCUT2D eigenvalue weighted by Crippen LogP contribution is -1.91. The Morgan fingerprint density at radius 2 is 2.25 bits per heavy atom. The largest absolute Gasteiger partial charge is 0.263 e. The molecule has 4 heteroatoms. The molecule has 0 N–H and O–H groups in total. The van der Waals surface area contributed by atoms with Crippen LogP contribution in [0.3, 0.4) is 0 Å². The molecule has 0 bridgehead atoms. The molecule has 1 unspecified atom stereocenters. The number of nitrogens with zero attached hydrogens (tertiary/aromatic N) is 2. The molecule has 1 atom stereocenters. The third-order valence-electron chi connectivity index (χ3n) is 2.59. The fourth-order valence-corrected chi connectivity index (χ4v) is 2.67. The number of pyridine rings is 1. The van der Waals surface area contributed by atoms with Gasteiger partial charge in [0, 0.05) is 27.8 Å². The molecule has 0 aliphatic rings. The summed E-state index contributed by atoms with van der Waals surface area (Å²) < 4.78 is 0.991. The van der Waals surface area contributed by atoms with Crippen LogP contribution in [-0.2, 0) is 0 Å². The van der Waals surface area contributed by atoms with Gasteiger partial charge in [0.05, 0.1) is 5.69 Å². The van der Waals surface area contributed by atoms with Gasteiger partial charge in [-0.25, -0.2) is 4.98 Å². The van der Waals surface area contributed by atoms with Crippen molar-refractivity contribution in [2.75, 3.05) is 0 Å². The van der Waals surface area contributed by atoms with Crippen LogP contribution in [0.25, 0.3) is 10.6 Å². The summed E-state index contributed by atoms with van der Waals surface area (Å²) in [7, 11) is 0. The summed E-state index contributed by atoms with van der Waals surface area (Å²) in [4.78, 5) is 8.80. The highest BCUT2D eigenvalue weighted by atomic mass is 79.9. The van der Waals surface area contributed by atoms with Crippen molar-refractivity contribution >= 4 is 27.3 Å². The third kappa shape index (κ3) is 2.50. The molecule has 0 aromatic carbocycles. The number of aromatic nitrogens is 2. The number of hydrogen-bond acceptors (Lipinski definition) is 3. The molecule has 0 aliphatic heterocycles. The van der Waals surface area contributed by atoms with E-state index in [1.165, 1.54) is 5.69 Å². The summed E-state index contributed by atoms with van der Waals surface area (Å²) in [5, 5.41) is 3.19. The lowest BCUT2D eigenvalue weighted by Gasteiger charge is -2.02. The summed E-state index contributed by atoms with van der Waals surface area (Å²) in [5.74, 6) is 0.533. The first-order valence-corrected chi connectivity index (χ1v) is 6.94. The molecule has 0 radical (unpaired) electrons. The monoisotopic (exact) mass is 296 g/mol. The van der Waals surface area contributed by atoms with E-state index in [9.17, 15) is 0 Å². The lowest BCUT2D eigenvalue weighted by molar-refractivity contribution is 0.714. The van der Waals surface area contributed by atoms with E-state index >= 15 is 0 Å². The molecule has 84 valence electrons. The van der Waals surface area contributed by atoms with Crippen LogP contribution in [0.1, 0.15) is 31.9 Å². The first-order chi connectivity index (χ1) is 7.70. The highest BCUT2D eigenvalue weighted by Crippen LogP contribution is 2.28. The Hall–Kier alpha value is -0.740. The Labute approximate surface area is 108 Å². The minimum Gasteiger partial charge on any atom is -0.263 e. The summed E-state index contributed by atoms with van der Waals surface area (Å²) in [6.07, 6.45) is 4.76. The topological polar surface area (TPSA) is 25.8 Å². The minimum atomic E-state index is 0.533. The number of hydrogen-bond donors (Lipinski definition) is 0. The molecule has 0 saturated carbocycles. The zero-order valence-corrected chi connectivity index (χ0v) is 11.7. The van der Waals surface area contributed by atoms with E-state index in [2.05, 4.69) is 45.1 Å². The van der Waals surface area contributed by atoms with Gasteiger partial charge >= 0.3 is 0 Å². The molecule has 2 nitrogen and oxygen atoms in total. The highest BCUT2D eigenvalue weighted by molar-refractivity contribution is 9.10. The van der Waals surface area contributed by atoms with Gasteiger partial charge in [-0.15, -0.1) is 11.3 Å². The Kier molecular flexibility index (Phi) is 3.71. The van der Waals surface area contributed by atoms with Crippen LogP contribution in [0.4, 0.5) is 0 Å². The van der Waals surface area contributed by atoms with Crippen LogP contribution < -0.4 is 0 Å². The van der Waals surface area contributed by atoms with Gasteiger partial charge < -0.3 is 0 Å². The maximum absolute atomic E-state index is 4.65. The smallest absolute Gasteiger partial charge is 0.125 e. The zero-order chi connectivity index (χ0) is 11.5. The molecular formula is C12H13BrN2S. The molecule has 0 saturated heterocycles. The third-order valence-corrected chi connectivity index (χ3v) is 3.93. The number of rotatable bonds is 3. The van der Waals surface area contributed by atoms with Crippen LogP contribution in [0.2, 0.25) is 0 Å². The fraction of sp³-hybridized carbons (Fsp3) is 0.333. The second-order valence-corrected chi connectivity index (χ2v) is 5.55. The van der Waals surface area contributed by atoms with Crippen LogP contribution in [0.5, 0.6) is 0 Å². The van der Waals surface area contributed by atoms with Crippen molar-refractivity contribution in [3.8, 4) is 10.6 Å². The second-order valence-electron chi connectivity index (χ2n) is 3.78. The molecule has 2 heterocycles.